The zero-order chi connectivity index (χ0) is 19.1. The molecule has 0 saturated carbocycles. The van der Waals surface area contributed by atoms with Crippen LogP contribution in [0.2, 0.25) is 0 Å². The molecule has 9 heteroatoms. The maximum atomic E-state index is 11.9. The first-order chi connectivity index (χ1) is 12.4. The van der Waals surface area contributed by atoms with Crippen LogP contribution in [0.25, 0.3) is 0 Å². The number of rotatable bonds is 6. The number of anilines is 1. The number of amides is 2. The number of methoxy groups -OCH3 is 1. The number of carbonyl (C=O) groups excluding carboxylic acids is 2. The number of nitrogens with zero attached hydrogens (tertiary/aromatic N) is 1. The second-order valence-electron chi connectivity index (χ2n) is 5.05. The lowest BCUT2D eigenvalue weighted by Gasteiger charge is -2.09. The number of ether oxygens (including phenoxy) is 1. The van der Waals surface area contributed by atoms with Crippen molar-refractivity contribution < 1.29 is 19.4 Å². The Bertz CT molecular complexity index is 833. The van der Waals surface area contributed by atoms with Crippen molar-refractivity contribution in [2.45, 2.75) is 6.42 Å². The summed E-state index contributed by atoms with van der Waals surface area (Å²) in [6.45, 7) is 0. The number of aromatic hydroxyl groups is 1. The van der Waals surface area contributed by atoms with Gasteiger partial charge >= 0.3 is 0 Å². The Hall–Kier alpha value is -2.39. The number of nitrogens with one attached hydrogen (secondary N) is 2. The van der Waals surface area contributed by atoms with Crippen LogP contribution in [0.3, 0.4) is 0 Å². The fourth-order valence-electron chi connectivity index (χ4n) is 1.97. The maximum absolute atomic E-state index is 11.9. The summed E-state index contributed by atoms with van der Waals surface area (Å²) >= 11 is 6.40. The summed E-state index contributed by atoms with van der Waals surface area (Å²) in [6.07, 6.45) is 1.00. The molecule has 0 aliphatic heterocycles. The van der Waals surface area contributed by atoms with Gasteiger partial charge in [0.25, 0.3) is 0 Å². The first kappa shape index (κ1) is 19.9. The number of halogens is 2. The third-order valence-electron chi connectivity index (χ3n) is 3.14. The largest absolute Gasteiger partial charge is 0.506 e. The third-order valence-corrected chi connectivity index (χ3v) is 4.35. The summed E-state index contributed by atoms with van der Waals surface area (Å²) in [5.41, 5.74) is 3.40. The molecular weight excluding hydrogens is 470 g/mol. The molecule has 0 spiro atoms. The SMILES string of the molecule is COc1ccccc1NC(=O)CC(=O)N/N=C/c1cc(Br)c(O)c(Br)c1. The molecule has 0 fully saturated rings. The van der Waals surface area contributed by atoms with E-state index in [0.717, 1.165) is 0 Å². The van der Waals surface area contributed by atoms with Crippen LogP contribution in [0.15, 0.2) is 50.4 Å². The monoisotopic (exact) mass is 483 g/mol. The predicted octanol–water partition coefficient (Wildman–Crippen LogP) is 3.40. The van der Waals surface area contributed by atoms with E-state index in [1.807, 2.05) is 0 Å². The number of para-hydroxylation sites is 2. The molecular formula is C17H15Br2N3O4. The number of carbonyl (C=O) groups is 2. The van der Waals surface area contributed by atoms with Gasteiger partial charge in [-0.1, -0.05) is 12.1 Å². The van der Waals surface area contributed by atoms with E-state index in [-0.39, 0.29) is 5.75 Å². The Kier molecular flexibility index (Phi) is 7.16. The summed E-state index contributed by atoms with van der Waals surface area (Å²) in [4.78, 5) is 23.7. The highest BCUT2D eigenvalue weighted by atomic mass is 79.9. The molecule has 0 aliphatic carbocycles. The van der Waals surface area contributed by atoms with Crippen molar-refractivity contribution in [3.05, 3.63) is 50.9 Å². The number of hydrogen-bond donors (Lipinski definition) is 3. The van der Waals surface area contributed by atoms with Gasteiger partial charge in [0, 0.05) is 0 Å². The van der Waals surface area contributed by atoms with Crippen molar-refractivity contribution in [3.63, 3.8) is 0 Å². The highest BCUT2D eigenvalue weighted by Gasteiger charge is 2.11. The molecule has 0 atom stereocenters. The van der Waals surface area contributed by atoms with Crippen molar-refractivity contribution in [3.8, 4) is 11.5 Å². The van der Waals surface area contributed by atoms with Gasteiger partial charge in [-0.05, 0) is 61.7 Å². The Balaban J connectivity index is 1.89. The first-order valence-electron chi connectivity index (χ1n) is 7.33. The molecule has 26 heavy (non-hydrogen) atoms. The van der Waals surface area contributed by atoms with Gasteiger partial charge in [-0.2, -0.15) is 5.10 Å². The highest BCUT2D eigenvalue weighted by Crippen LogP contribution is 2.32. The number of benzene rings is 2. The molecule has 0 saturated heterocycles. The summed E-state index contributed by atoms with van der Waals surface area (Å²) in [6, 6.07) is 10.2. The molecule has 3 N–H and O–H groups in total. The summed E-state index contributed by atoms with van der Waals surface area (Å²) in [7, 11) is 1.49. The zero-order valence-electron chi connectivity index (χ0n) is 13.6. The molecule has 7 nitrogen and oxygen atoms in total. The third kappa shape index (κ3) is 5.57. The van der Waals surface area contributed by atoms with Crippen LogP contribution in [0.5, 0.6) is 11.5 Å². The lowest BCUT2D eigenvalue weighted by Crippen LogP contribution is -2.24. The number of phenolic OH excluding ortho intramolecular Hbond substituents is 1. The second-order valence-corrected chi connectivity index (χ2v) is 6.76. The Morgan fingerprint density at radius 3 is 2.50 bits per heavy atom. The lowest BCUT2D eigenvalue weighted by molar-refractivity contribution is -0.126. The quantitative estimate of drug-likeness (QED) is 0.332. The molecule has 0 unspecified atom stereocenters. The van der Waals surface area contributed by atoms with Crippen LogP contribution in [0.1, 0.15) is 12.0 Å². The molecule has 0 radical (unpaired) electrons. The van der Waals surface area contributed by atoms with E-state index in [1.165, 1.54) is 13.3 Å². The van der Waals surface area contributed by atoms with E-state index >= 15 is 0 Å². The highest BCUT2D eigenvalue weighted by molar-refractivity contribution is 9.11. The summed E-state index contributed by atoms with van der Waals surface area (Å²) < 4.78 is 6.09. The standard InChI is InChI=1S/C17H15Br2N3O4/c1-26-14-5-3-2-4-13(14)21-15(23)8-16(24)22-20-9-10-6-11(18)17(25)12(19)7-10/h2-7,9,25H,8H2,1H3,(H,21,23)(H,22,24)/b20-9+. The normalized spacial score (nSPS) is 10.6. The van der Waals surface area contributed by atoms with Crippen LogP contribution < -0.4 is 15.5 Å². The minimum absolute atomic E-state index is 0.0687. The fourth-order valence-corrected chi connectivity index (χ4v) is 3.19. The van der Waals surface area contributed by atoms with Crippen molar-refractivity contribution in [1.29, 1.82) is 0 Å². The van der Waals surface area contributed by atoms with E-state index in [0.29, 0.717) is 25.9 Å². The van der Waals surface area contributed by atoms with Crippen LogP contribution in [0, 0.1) is 0 Å². The van der Waals surface area contributed by atoms with Gasteiger partial charge in [0.2, 0.25) is 11.8 Å². The van der Waals surface area contributed by atoms with Crippen molar-refractivity contribution >= 4 is 55.6 Å². The Labute approximate surface area is 166 Å². The lowest BCUT2D eigenvalue weighted by atomic mass is 10.2. The molecule has 2 amide bonds. The van der Waals surface area contributed by atoms with Crippen molar-refractivity contribution in [2.75, 3.05) is 12.4 Å². The van der Waals surface area contributed by atoms with E-state index in [1.54, 1.807) is 36.4 Å². The maximum Gasteiger partial charge on any atom is 0.249 e. The molecule has 2 rings (SSSR count). The van der Waals surface area contributed by atoms with Gasteiger partial charge in [-0.3, -0.25) is 9.59 Å². The van der Waals surface area contributed by atoms with Crippen LogP contribution in [0.4, 0.5) is 5.69 Å². The summed E-state index contributed by atoms with van der Waals surface area (Å²) in [5.74, 6) is -0.482. The molecule has 0 bridgehead atoms. The predicted molar refractivity (Wildman–Crippen MR) is 105 cm³/mol. The molecule has 0 aromatic heterocycles. The van der Waals surface area contributed by atoms with Gasteiger partial charge in [0.15, 0.2) is 0 Å². The van der Waals surface area contributed by atoms with Gasteiger partial charge in [0.05, 0.1) is 28.0 Å². The molecule has 0 aliphatic rings. The minimum atomic E-state index is -0.564. The number of hydrazone groups is 1. The minimum Gasteiger partial charge on any atom is -0.506 e. The van der Waals surface area contributed by atoms with E-state index in [4.69, 9.17) is 4.74 Å². The van der Waals surface area contributed by atoms with E-state index in [9.17, 15) is 14.7 Å². The van der Waals surface area contributed by atoms with Crippen LogP contribution in [-0.4, -0.2) is 30.2 Å². The van der Waals surface area contributed by atoms with Crippen LogP contribution in [-0.2, 0) is 9.59 Å². The average molecular weight is 485 g/mol. The molecule has 0 heterocycles. The number of hydrogen-bond acceptors (Lipinski definition) is 5. The second kappa shape index (κ2) is 9.35. The topological polar surface area (TPSA) is 100 Å². The zero-order valence-corrected chi connectivity index (χ0v) is 16.8. The van der Waals surface area contributed by atoms with Gasteiger partial charge in [-0.25, -0.2) is 5.43 Å². The van der Waals surface area contributed by atoms with Gasteiger partial charge < -0.3 is 15.2 Å². The van der Waals surface area contributed by atoms with E-state index in [2.05, 4.69) is 47.7 Å². The Morgan fingerprint density at radius 1 is 1.19 bits per heavy atom. The van der Waals surface area contributed by atoms with Crippen molar-refractivity contribution in [2.24, 2.45) is 5.10 Å². The average Bonchev–Trinajstić information content (AvgIpc) is 2.60. The fraction of sp³-hybridized carbons (Fsp3) is 0.118. The Morgan fingerprint density at radius 2 is 1.85 bits per heavy atom. The molecule has 2 aromatic carbocycles. The van der Waals surface area contributed by atoms with Crippen LogP contribution >= 0.6 is 31.9 Å². The number of phenols is 1. The van der Waals surface area contributed by atoms with E-state index < -0.39 is 18.2 Å². The first-order valence-corrected chi connectivity index (χ1v) is 8.92. The van der Waals surface area contributed by atoms with Gasteiger partial charge in [0.1, 0.15) is 17.9 Å². The smallest absolute Gasteiger partial charge is 0.249 e. The molecule has 136 valence electrons. The summed E-state index contributed by atoms with van der Waals surface area (Å²) in [5, 5.41) is 16.0. The van der Waals surface area contributed by atoms with Crippen molar-refractivity contribution in [1.82, 2.24) is 5.43 Å². The molecule has 2 aromatic rings. The van der Waals surface area contributed by atoms with Gasteiger partial charge in [-0.15, -0.1) is 0 Å².